The minimum Gasteiger partial charge on any atom is -0.477 e. The normalized spacial score (nSPS) is 13.3. The van der Waals surface area contributed by atoms with Crippen LogP contribution in [0.5, 0.6) is 5.88 Å². The standard InChI is InChI=1S/C19H21N4O2PS/c1-12-15(11-22(2)21-12)16-4-3-14(27-16)10-23-9-13-5-6-20-18(25-7-8-26)17(13)19(23)24/h3-6,11H,7-10,26H2,1-2H3. The number of pyridine rings is 1. The number of carbonyl (C=O) groups is 1. The second-order valence-electron chi connectivity index (χ2n) is 6.52. The highest BCUT2D eigenvalue weighted by atomic mass is 32.1. The van der Waals surface area contributed by atoms with Gasteiger partial charge in [0.2, 0.25) is 5.88 Å². The summed E-state index contributed by atoms with van der Waals surface area (Å²) in [6.07, 6.45) is 4.54. The third-order valence-corrected chi connectivity index (χ3v) is 5.85. The van der Waals surface area contributed by atoms with E-state index < -0.39 is 0 Å². The lowest BCUT2D eigenvalue weighted by atomic mass is 10.2. The molecule has 1 aliphatic heterocycles. The molecule has 0 spiro atoms. The molecule has 0 bridgehead atoms. The van der Waals surface area contributed by atoms with Gasteiger partial charge in [-0.1, -0.05) is 0 Å². The van der Waals surface area contributed by atoms with E-state index in [1.165, 1.54) is 4.88 Å². The van der Waals surface area contributed by atoms with E-state index in [-0.39, 0.29) is 5.91 Å². The molecule has 3 aromatic rings. The van der Waals surface area contributed by atoms with Gasteiger partial charge < -0.3 is 9.64 Å². The van der Waals surface area contributed by atoms with E-state index in [2.05, 4.69) is 31.5 Å². The number of nitrogens with zero attached hydrogens (tertiary/aromatic N) is 4. The Morgan fingerprint density at radius 2 is 2.19 bits per heavy atom. The minimum atomic E-state index is -0.00985. The van der Waals surface area contributed by atoms with Gasteiger partial charge in [-0.2, -0.15) is 5.10 Å². The Labute approximate surface area is 164 Å². The fraction of sp³-hybridized carbons (Fsp3) is 0.316. The maximum absolute atomic E-state index is 12.9. The largest absolute Gasteiger partial charge is 0.477 e. The number of aromatic nitrogens is 3. The van der Waals surface area contributed by atoms with Crippen LogP contribution in [0.3, 0.4) is 0 Å². The van der Waals surface area contributed by atoms with E-state index in [1.54, 1.807) is 17.5 Å². The van der Waals surface area contributed by atoms with Crippen molar-refractivity contribution >= 4 is 26.5 Å². The van der Waals surface area contributed by atoms with E-state index in [9.17, 15) is 4.79 Å². The molecular weight excluding hydrogens is 379 g/mol. The molecule has 1 atom stereocenters. The molecule has 0 saturated carbocycles. The van der Waals surface area contributed by atoms with Crippen LogP contribution in [0.15, 0.2) is 30.6 Å². The lowest BCUT2D eigenvalue weighted by Crippen LogP contribution is -2.23. The molecule has 1 unspecified atom stereocenters. The van der Waals surface area contributed by atoms with E-state index in [4.69, 9.17) is 4.74 Å². The van der Waals surface area contributed by atoms with Crippen molar-refractivity contribution in [3.63, 3.8) is 0 Å². The van der Waals surface area contributed by atoms with Gasteiger partial charge in [-0.25, -0.2) is 4.98 Å². The van der Waals surface area contributed by atoms with Crippen molar-refractivity contribution in [3.05, 3.63) is 52.3 Å². The van der Waals surface area contributed by atoms with Gasteiger partial charge in [0.05, 0.1) is 18.8 Å². The molecule has 140 valence electrons. The van der Waals surface area contributed by atoms with Crippen LogP contribution in [0.4, 0.5) is 0 Å². The third-order valence-electron chi connectivity index (χ3n) is 4.51. The number of rotatable bonds is 6. The van der Waals surface area contributed by atoms with Crippen LogP contribution in [0.25, 0.3) is 10.4 Å². The summed E-state index contributed by atoms with van der Waals surface area (Å²) in [7, 11) is 4.54. The Hall–Kier alpha value is -2.24. The van der Waals surface area contributed by atoms with Crippen LogP contribution < -0.4 is 4.74 Å². The molecule has 4 heterocycles. The first-order valence-corrected chi connectivity index (χ1v) is 10.4. The fourth-order valence-corrected chi connectivity index (χ4v) is 4.51. The number of aryl methyl sites for hydroxylation is 2. The van der Waals surface area contributed by atoms with Crippen molar-refractivity contribution in [3.8, 4) is 16.3 Å². The minimum absolute atomic E-state index is 0.00985. The number of fused-ring (bicyclic) bond motifs is 1. The summed E-state index contributed by atoms with van der Waals surface area (Å²) in [6, 6.07) is 6.10. The van der Waals surface area contributed by atoms with Crippen LogP contribution in [-0.4, -0.2) is 38.3 Å². The van der Waals surface area contributed by atoms with Crippen molar-refractivity contribution in [1.29, 1.82) is 0 Å². The molecule has 0 fully saturated rings. The second kappa shape index (κ2) is 7.41. The van der Waals surface area contributed by atoms with Gasteiger partial charge in [0, 0.05) is 41.3 Å². The highest BCUT2D eigenvalue weighted by molar-refractivity contribution is 7.16. The van der Waals surface area contributed by atoms with E-state index >= 15 is 0 Å². The summed E-state index contributed by atoms with van der Waals surface area (Å²) in [5.74, 6) is 0.435. The van der Waals surface area contributed by atoms with E-state index in [0.717, 1.165) is 27.9 Å². The van der Waals surface area contributed by atoms with Crippen molar-refractivity contribution in [2.24, 2.45) is 7.05 Å². The summed E-state index contributed by atoms with van der Waals surface area (Å²) >= 11 is 1.70. The number of thiophene rings is 1. The Balaban J connectivity index is 1.53. The summed E-state index contributed by atoms with van der Waals surface area (Å²) in [5, 5.41) is 4.41. The van der Waals surface area contributed by atoms with E-state index in [1.807, 2.05) is 35.8 Å². The maximum atomic E-state index is 12.9. The van der Waals surface area contributed by atoms with Gasteiger partial charge in [-0.15, -0.1) is 20.6 Å². The second-order valence-corrected chi connectivity index (χ2v) is 8.26. The monoisotopic (exact) mass is 400 g/mol. The fourth-order valence-electron chi connectivity index (χ4n) is 3.31. The molecule has 0 N–H and O–H groups in total. The average molecular weight is 400 g/mol. The van der Waals surface area contributed by atoms with Crippen molar-refractivity contribution in [2.45, 2.75) is 20.0 Å². The van der Waals surface area contributed by atoms with Crippen LogP contribution in [0, 0.1) is 6.92 Å². The van der Waals surface area contributed by atoms with Crippen molar-refractivity contribution in [2.75, 3.05) is 12.8 Å². The highest BCUT2D eigenvalue weighted by Gasteiger charge is 2.31. The number of hydrogen-bond donors (Lipinski definition) is 0. The lowest BCUT2D eigenvalue weighted by Gasteiger charge is -2.14. The molecule has 3 aromatic heterocycles. The highest BCUT2D eigenvalue weighted by Crippen LogP contribution is 2.34. The Morgan fingerprint density at radius 3 is 2.93 bits per heavy atom. The van der Waals surface area contributed by atoms with Gasteiger partial charge in [-0.05, 0) is 36.8 Å². The van der Waals surface area contributed by atoms with Crippen LogP contribution in [0.1, 0.15) is 26.5 Å². The van der Waals surface area contributed by atoms with Gasteiger partial charge in [-0.3, -0.25) is 9.48 Å². The Kier molecular flexibility index (Phi) is 4.98. The third kappa shape index (κ3) is 3.49. The molecule has 27 heavy (non-hydrogen) atoms. The van der Waals surface area contributed by atoms with Gasteiger partial charge in [0.15, 0.2) is 0 Å². The number of amides is 1. The zero-order valence-corrected chi connectivity index (χ0v) is 17.3. The topological polar surface area (TPSA) is 60.3 Å². The summed E-state index contributed by atoms with van der Waals surface area (Å²) in [6.45, 7) is 3.71. The summed E-state index contributed by atoms with van der Waals surface area (Å²) in [5.41, 5.74) is 3.74. The van der Waals surface area contributed by atoms with Gasteiger partial charge in [0.1, 0.15) is 5.56 Å². The maximum Gasteiger partial charge on any atom is 0.260 e. The quantitative estimate of drug-likeness (QED) is 0.596. The lowest BCUT2D eigenvalue weighted by molar-refractivity contribution is 0.0765. The molecule has 0 radical (unpaired) electrons. The van der Waals surface area contributed by atoms with Gasteiger partial charge in [0.25, 0.3) is 5.91 Å². The smallest absolute Gasteiger partial charge is 0.260 e. The zero-order chi connectivity index (χ0) is 19.0. The molecule has 1 amide bonds. The average Bonchev–Trinajstić information content (AvgIpc) is 3.32. The Bertz CT molecular complexity index is 998. The first-order valence-electron chi connectivity index (χ1n) is 8.76. The molecule has 0 saturated heterocycles. The predicted molar refractivity (Wildman–Crippen MR) is 109 cm³/mol. The SMILES string of the molecule is Cc1nn(C)cc1-c1ccc(CN2Cc3ccnc(OCCP)c3C2=O)s1. The molecule has 8 heteroatoms. The van der Waals surface area contributed by atoms with Crippen LogP contribution in [0.2, 0.25) is 0 Å². The van der Waals surface area contributed by atoms with E-state index in [0.29, 0.717) is 31.1 Å². The van der Waals surface area contributed by atoms with Crippen molar-refractivity contribution in [1.82, 2.24) is 19.7 Å². The summed E-state index contributed by atoms with van der Waals surface area (Å²) in [4.78, 5) is 21.3. The predicted octanol–water partition coefficient (Wildman–Crippen LogP) is 3.26. The van der Waals surface area contributed by atoms with Gasteiger partial charge >= 0.3 is 0 Å². The molecule has 4 rings (SSSR count). The molecule has 1 aliphatic rings. The zero-order valence-electron chi connectivity index (χ0n) is 15.3. The molecule has 0 aliphatic carbocycles. The first-order chi connectivity index (χ1) is 13.1. The number of carbonyl (C=O) groups excluding carboxylic acids is 1. The number of ether oxygens (including phenoxy) is 1. The first kappa shape index (κ1) is 18.1. The molecule has 0 aromatic carbocycles. The van der Waals surface area contributed by atoms with Crippen LogP contribution in [-0.2, 0) is 20.1 Å². The Morgan fingerprint density at radius 1 is 1.33 bits per heavy atom. The number of hydrogen-bond acceptors (Lipinski definition) is 5. The summed E-state index contributed by atoms with van der Waals surface area (Å²) < 4.78 is 7.49. The molecular formula is C19H21N4O2PS. The van der Waals surface area contributed by atoms with Crippen LogP contribution >= 0.6 is 20.6 Å². The van der Waals surface area contributed by atoms with Crippen molar-refractivity contribution < 1.29 is 9.53 Å². The molecule has 6 nitrogen and oxygen atoms in total.